The van der Waals surface area contributed by atoms with Crippen LogP contribution in [-0.2, 0) is 4.74 Å². The van der Waals surface area contributed by atoms with Gasteiger partial charge in [0.15, 0.2) is 0 Å². The number of rotatable bonds is 5. The second-order valence-corrected chi connectivity index (χ2v) is 5.10. The van der Waals surface area contributed by atoms with Crippen LogP contribution in [0.2, 0.25) is 0 Å². The maximum atomic E-state index is 12.2. The van der Waals surface area contributed by atoms with Crippen LogP contribution in [0, 0.1) is 6.92 Å². The fourth-order valence-corrected chi connectivity index (χ4v) is 2.30. The molecular weight excluding hydrogens is 306 g/mol. The standard InChI is InChI=1S/C17H17N5O2/c1-3-24-16(23)14-7-5-4-6-13(14)15-11(2)8-18-17(22-15)21-12-9-19-20-10-12/h4-10H,3H2,1-2H3,(H,19,20)(H,18,21,22). The van der Waals surface area contributed by atoms with E-state index in [9.17, 15) is 4.79 Å². The van der Waals surface area contributed by atoms with Crippen LogP contribution >= 0.6 is 0 Å². The molecule has 0 atom stereocenters. The summed E-state index contributed by atoms with van der Waals surface area (Å²) < 4.78 is 5.14. The van der Waals surface area contributed by atoms with Gasteiger partial charge >= 0.3 is 5.97 Å². The Morgan fingerprint density at radius 2 is 2.12 bits per heavy atom. The molecule has 0 aliphatic carbocycles. The van der Waals surface area contributed by atoms with Crippen molar-refractivity contribution in [3.05, 3.63) is 54.0 Å². The molecule has 2 heterocycles. The Morgan fingerprint density at radius 1 is 1.29 bits per heavy atom. The zero-order valence-electron chi connectivity index (χ0n) is 13.4. The molecule has 3 rings (SSSR count). The number of carbonyl (C=O) groups is 1. The molecule has 0 unspecified atom stereocenters. The van der Waals surface area contributed by atoms with E-state index in [1.54, 1.807) is 37.6 Å². The maximum Gasteiger partial charge on any atom is 0.338 e. The molecule has 0 bridgehead atoms. The van der Waals surface area contributed by atoms with Crippen molar-refractivity contribution in [1.29, 1.82) is 0 Å². The summed E-state index contributed by atoms with van der Waals surface area (Å²) in [4.78, 5) is 21.0. The van der Waals surface area contributed by atoms with Crippen molar-refractivity contribution in [2.24, 2.45) is 0 Å². The number of carbonyl (C=O) groups excluding carboxylic acids is 1. The quantitative estimate of drug-likeness (QED) is 0.701. The first-order valence-corrected chi connectivity index (χ1v) is 7.55. The fourth-order valence-electron chi connectivity index (χ4n) is 2.30. The fraction of sp³-hybridized carbons (Fsp3) is 0.176. The summed E-state index contributed by atoms with van der Waals surface area (Å²) in [5, 5.41) is 9.65. The van der Waals surface area contributed by atoms with Gasteiger partial charge in [-0.2, -0.15) is 5.10 Å². The molecule has 1 aromatic carbocycles. The number of H-pyrrole nitrogens is 1. The molecule has 7 nitrogen and oxygen atoms in total. The first-order chi connectivity index (χ1) is 11.7. The molecule has 0 amide bonds. The molecule has 122 valence electrons. The van der Waals surface area contributed by atoms with Crippen LogP contribution in [0.15, 0.2) is 42.9 Å². The number of nitrogens with zero attached hydrogens (tertiary/aromatic N) is 3. The van der Waals surface area contributed by atoms with Gasteiger partial charge in [-0.05, 0) is 25.5 Å². The number of ether oxygens (including phenoxy) is 1. The molecule has 24 heavy (non-hydrogen) atoms. The number of esters is 1. The lowest BCUT2D eigenvalue weighted by molar-refractivity contribution is 0.0527. The van der Waals surface area contributed by atoms with E-state index in [0.717, 1.165) is 11.3 Å². The highest BCUT2D eigenvalue weighted by Crippen LogP contribution is 2.26. The smallest absolute Gasteiger partial charge is 0.338 e. The second kappa shape index (κ2) is 6.91. The van der Waals surface area contributed by atoms with Gasteiger partial charge in [-0.1, -0.05) is 18.2 Å². The Morgan fingerprint density at radius 3 is 2.88 bits per heavy atom. The topological polar surface area (TPSA) is 92.8 Å². The third-order valence-corrected chi connectivity index (χ3v) is 3.40. The highest BCUT2D eigenvalue weighted by Gasteiger charge is 2.16. The zero-order valence-corrected chi connectivity index (χ0v) is 13.4. The molecule has 2 N–H and O–H groups in total. The first-order valence-electron chi connectivity index (χ1n) is 7.55. The van der Waals surface area contributed by atoms with Crippen LogP contribution in [0.4, 0.5) is 11.6 Å². The third-order valence-electron chi connectivity index (χ3n) is 3.40. The van der Waals surface area contributed by atoms with Crippen molar-refractivity contribution in [3.8, 4) is 11.3 Å². The monoisotopic (exact) mass is 323 g/mol. The van der Waals surface area contributed by atoms with Crippen LogP contribution in [0.25, 0.3) is 11.3 Å². The number of benzene rings is 1. The van der Waals surface area contributed by atoms with Crippen molar-refractivity contribution in [3.63, 3.8) is 0 Å². The third kappa shape index (κ3) is 3.24. The lowest BCUT2D eigenvalue weighted by Gasteiger charge is -2.11. The van der Waals surface area contributed by atoms with E-state index < -0.39 is 0 Å². The van der Waals surface area contributed by atoms with Gasteiger partial charge in [0.2, 0.25) is 5.95 Å². The number of aromatic nitrogens is 4. The normalized spacial score (nSPS) is 10.4. The van der Waals surface area contributed by atoms with Gasteiger partial charge in [-0.25, -0.2) is 14.8 Å². The van der Waals surface area contributed by atoms with Crippen molar-refractivity contribution in [1.82, 2.24) is 20.2 Å². The lowest BCUT2D eigenvalue weighted by atomic mass is 10.0. The predicted octanol–water partition coefficient (Wildman–Crippen LogP) is 3.10. The van der Waals surface area contributed by atoms with Gasteiger partial charge in [-0.15, -0.1) is 0 Å². The Hall–Kier alpha value is -3.22. The van der Waals surface area contributed by atoms with Gasteiger partial charge in [0.25, 0.3) is 0 Å². The molecule has 0 fully saturated rings. The molecule has 7 heteroatoms. The summed E-state index contributed by atoms with van der Waals surface area (Å²) in [6.07, 6.45) is 5.05. The Bertz CT molecular complexity index is 846. The summed E-state index contributed by atoms with van der Waals surface area (Å²) in [6.45, 7) is 4.01. The lowest BCUT2D eigenvalue weighted by Crippen LogP contribution is -2.08. The first kappa shape index (κ1) is 15.7. The van der Waals surface area contributed by atoms with E-state index in [0.29, 0.717) is 29.4 Å². The number of aryl methyl sites for hydroxylation is 1. The largest absolute Gasteiger partial charge is 0.462 e. The van der Waals surface area contributed by atoms with Crippen LogP contribution in [0.3, 0.4) is 0 Å². The molecule has 3 aromatic rings. The average Bonchev–Trinajstić information content (AvgIpc) is 3.10. The van der Waals surface area contributed by atoms with Crippen molar-refractivity contribution < 1.29 is 9.53 Å². The minimum absolute atomic E-state index is 0.323. The van der Waals surface area contributed by atoms with Gasteiger partial charge in [0.1, 0.15) is 0 Å². The molecule has 2 aromatic heterocycles. The SMILES string of the molecule is CCOC(=O)c1ccccc1-c1nc(Nc2cn[nH]c2)ncc1C. The number of nitrogens with one attached hydrogen (secondary N) is 2. The molecule has 0 radical (unpaired) electrons. The predicted molar refractivity (Wildman–Crippen MR) is 90.0 cm³/mol. The Balaban J connectivity index is 2.01. The van der Waals surface area contributed by atoms with E-state index in [2.05, 4.69) is 25.5 Å². The van der Waals surface area contributed by atoms with E-state index in [-0.39, 0.29) is 5.97 Å². The molecule has 0 saturated heterocycles. The van der Waals surface area contributed by atoms with E-state index >= 15 is 0 Å². The summed E-state index contributed by atoms with van der Waals surface area (Å²) in [7, 11) is 0. The summed E-state index contributed by atoms with van der Waals surface area (Å²) >= 11 is 0. The molecular formula is C17H17N5O2. The van der Waals surface area contributed by atoms with Crippen LogP contribution in [0.5, 0.6) is 0 Å². The average molecular weight is 323 g/mol. The molecule has 0 aliphatic rings. The van der Waals surface area contributed by atoms with Crippen LogP contribution in [0.1, 0.15) is 22.8 Å². The molecule has 0 spiro atoms. The van der Waals surface area contributed by atoms with Gasteiger partial charge in [0, 0.05) is 18.0 Å². The van der Waals surface area contributed by atoms with E-state index in [1.807, 2.05) is 19.1 Å². The Labute approximate surface area is 139 Å². The van der Waals surface area contributed by atoms with Crippen molar-refractivity contribution in [2.75, 3.05) is 11.9 Å². The maximum absolute atomic E-state index is 12.2. The molecule has 0 saturated carbocycles. The van der Waals surface area contributed by atoms with Crippen LogP contribution in [-0.4, -0.2) is 32.7 Å². The minimum Gasteiger partial charge on any atom is -0.462 e. The summed E-state index contributed by atoms with van der Waals surface area (Å²) in [5.41, 5.74) is 3.49. The second-order valence-electron chi connectivity index (χ2n) is 5.10. The van der Waals surface area contributed by atoms with Crippen LogP contribution < -0.4 is 5.32 Å². The van der Waals surface area contributed by atoms with Gasteiger partial charge in [0.05, 0.1) is 29.7 Å². The Kier molecular flexibility index (Phi) is 4.51. The number of hydrogen-bond acceptors (Lipinski definition) is 6. The van der Waals surface area contributed by atoms with Gasteiger partial charge in [-0.3, -0.25) is 5.10 Å². The highest BCUT2D eigenvalue weighted by molar-refractivity contribution is 5.97. The van der Waals surface area contributed by atoms with E-state index in [1.165, 1.54) is 0 Å². The van der Waals surface area contributed by atoms with Crippen molar-refractivity contribution in [2.45, 2.75) is 13.8 Å². The minimum atomic E-state index is -0.365. The summed E-state index contributed by atoms with van der Waals surface area (Å²) in [5.74, 6) is 0.0612. The number of aromatic amines is 1. The number of hydrogen-bond donors (Lipinski definition) is 2. The summed E-state index contributed by atoms with van der Waals surface area (Å²) in [6, 6.07) is 7.25. The number of anilines is 2. The van der Waals surface area contributed by atoms with E-state index in [4.69, 9.17) is 4.74 Å². The zero-order chi connectivity index (χ0) is 16.9. The van der Waals surface area contributed by atoms with Crippen molar-refractivity contribution >= 4 is 17.6 Å². The van der Waals surface area contributed by atoms with Gasteiger partial charge < -0.3 is 10.1 Å². The highest BCUT2D eigenvalue weighted by atomic mass is 16.5. The molecule has 0 aliphatic heterocycles.